The fourth-order valence-electron chi connectivity index (χ4n) is 3.07. The zero-order chi connectivity index (χ0) is 24.9. The number of nitrogens with one attached hydrogen (secondary N) is 1. The highest BCUT2D eigenvalue weighted by molar-refractivity contribution is 5.94. The molecule has 3 aromatic rings. The van der Waals surface area contributed by atoms with Crippen LogP contribution < -0.4 is 19.5 Å². The lowest BCUT2D eigenvalue weighted by Gasteiger charge is -2.13. The first-order valence-corrected chi connectivity index (χ1v) is 11.2. The lowest BCUT2D eigenvalue weighted by molar-refractivity contribution is -0.140. The van der Waals surface area contributed by atoms with Gasteiger partial charge in [0.25, 0.3) is 0 Å². The molecule has 8 heteroatoms. The Kier molecular flexibility index (Phi) is 9.95. The van der Waals surface area contributed by atoms with Gasteiger partial charge in [-0.05, 0) is 31.2 Å². The smallest absolute Gasteiger partial charge is 0.412 e. The average molecular weight is 480 g/mol. The van der Waals surface area contributed by atoms with Crippen molar-refractivity contribution in [1.82, 2.24) is 5.32 Å². The molecule has 0 fully saturated rings. The predicted molar refractivity (Wildman–Crippen MR) is 132 cm³/mol. The minimum absolute atomic E-state index is 0.120. The first-order valence-electron chi connectivity index (χ1n) is 11.2. The lowest BCUT2D eigenvalue weighted by atomic mass is 10.1. The standard InChI is InChI=1S/C27H29NO7/c1-20(2)26(29)34-17-16-31-15-14-28-27(30)35-25-13-12-24(22-10-6-7-11-23(22)25)33-19-18-32-21-8-4-3-5-9-21/h3-13H,1,14-19H2,2H3,(H,28,30). The molecule has 0 bridgehead atoms. The minimum atomic E-state index is -0.600. The summed E-state index contributed by atoms with van der Waals surface area (Å²) in [5.41, 5.74) is 0.332. The summed E-state index contributed by atoms with van der Waals surface area (Å²) in [7, 11) is 0. The van der Waals surface area contributed by atoms with Crippen LogP contribution in [0.3, 0.4) is 0 Å². The van der Waals surface area contributed by atoms with Crippen molar-refractivity contribution in [3.05, 3.63) is 78.9 Å². The molecule has 3 aromatic carbocycles. The van der Waals surface area contributed by atoms with E-state index in [0.717, 1.165) is 16.5 Å². The summed E-state index contributed by atoms with van der Waals surface area (Å²) < 4.78 is 27.3. The van der Waals surface area contributed by atoms with Gasteiger partial charge in [-0.15, -0.1) is 0 Å². The average Bonchev–Trinajstić information content (AvgIpc) is 2.87. The molecule has 0 radical (unpaired) electrons. The zero-order valence-electron chi connectivity index (χ0n) is 19.7. The quantitative estimate of drug-likeness (QED) is 0.219. The summed E-state index contributed by atoms with van der Waals surface area (Å²) in [6, 6.07) is 20.5. The molecular weight excluding hydrogens is 450 g/mol. The van der Waals surface area contributed by atoms with Gasteiger partial charge in [0.05, 0.1) is 13.2 Å². The van der Waals surface area contributed by atoms with Gasteiger partial charge in [0, 0.05) is 22.9 Å². The van der Waals surface area contributed by atoms with E-state index in [1.807, 2.05) is 54.6 Å². The van der Waals surface area contributed by atoms with Crippen LogP contribution in [0.5, 0.6) is 17.2 Å². The molecule has 1 amide bonds. The van der Waals surface area contributed by atoms with Gasteiger partial charge >= 0.3 is 12.1 Å². The van der Waals surface area contributed by atoms with Gasteiger partial charge in [-0.25, -0.2) is 9.59 Å². The summed E-state index contributed by atoms with van der Waals surface area (Å²) in [5.74, 6) is 1.41. The van der Waals surface area contributed by atoms with Crippen molar-refractivity contribution in [1.29, 1.82) is 0 Å². The third-order valence-corrected chi connectivity index (χ3v) is 4.72. The van der Waals surface area contributed by atoms with Crippen molar-refractivity contribution < 1.29 is 33.3 Å². The molecule has 3 rings (SSSR count). The van der Waals surface area contributed by atoms with Crippen molar-refractivity contribution in [3.8, 4) is 17.2 Å². The van der Waals surface area contributed by atoms with E-state index in [1.54, 1.807) is 19.1 Å². The Labute approximate surface area is 204 Å². The molecule has 35 heavy (non-hydrogen) atoms. The largest absolute Gasteiger partial charge is 0.490 e. The van der Waals surface area contributed by atoms with E-state index in [9.17, 15) is 9.59 Å². The maximum absolute atomic E-state index is 12.2. The summed E-state index contributed by atoms with van der Waals surface area (Å²) in [6.45, 7) is 6.67. The molecule has 0 atom stereocenters. The zero-order valence-corrected chi connectivity index (χ0v) is 19.7. The molecular formula is C27H29NO7. The number of hydrogen-bond acceptors (Lipinski definition) is 7. The molecule has 0 spiro atoms. The summed E-state index contributed by atoms with van der Waals surface area (Å²) in [5, 5.41) is 4.20. The molecule has 0 saturated heterocycles. The molecule has 1 N–H and O–H groups in total. The second-order valence-electron chi connectivity index (χ2n) is 7.46. The molecule has 0 saturated carbocycles. The van der Waals surface area contributed by atoms with E-state index in [1.165, 1.54) is 0 Å². The highest BCUT2D eigenvalue weighted by Gasteiger charge is 2.11. The van der Waals surface area contributed by atoms with E-state index in [0.29, 0.717) is 30.3 Å². The molecule has 0 unspecified atom stereocenters. The molecule has 184 valence electrons. The summed E-state index contributed by atoms with van der Waals surface area (Å²) in [4.78, 5) is 23.5. The molecule has 0 aliphatic heterocycles. The van der Waals surface area contributed by atoms with E-state index >= 15 is 0 Å². The van der Waals surface area contributed by atoms with Crippen molar-refractivity contribution in [2.75, 3.05) is 39.6 Å². The summed E-state index contributed by atoms with van der Waals surface area (Å²) in [6.07, 6.45) is -0.600. The molecule has 0 aliphatic rings. The van der Waals surface area contributed by atoms with Crippen molar-refractivity contribution in [2.24, 2.45) is 0 Å². The number of rotatable bonds is 13. The fraction of sp³-hybridized carbons (Fsp3) is 0.259. The topological polar surface area (TPSA) is 92.3 Å². The molecule has 0 aromatic heterocycles. The predicted octanol–water partition coefficient (Wildman–Crippen LogP) is 4.52. The van der Waals surface area contributed by atoms with Crippen molar-refractivity contribution >= 4 is 22.8 Å². The SMILES string of the molecule is C=C(C)C(=O)OCCOCCNC(=O)Oc1ccc(OCCOc2ccccc2)c2ccccc12. The summed E-state index contributed by atoms with van der Waals surface area (Å²) >= 11 is 0. The molecule has 0 heterocycles. The van der Waals surface area contributed by atoms with Crippen LogP contribution in [0.4, 0.5) is 4.79 Å². The number of carbonyl (C=O) groups is 2. The monoisotopic (exact) mass is 479 g/mol. The molecule has 0 aliphatic carbocycles. The Hall–Kier alpha value is -4.04. The minimum Gasteiger partial charge on any atom is -0.490 e. The Morgan fingerprint density at radius 3 is 2.17 bits per heavy atom. The van der Waals surface area contributed by atoms with Crippen LogP contribution in [0.25, 0.3) is 10.8 Å². The first-order chi connectivity index (χ1) is 17.0. The Balaban J connectivity index is 1.44. The van der Waals surface area contributed by atoms with Gasteiger partial charge < -0.3 is 29.0 Å². The number of hydrogen-bond donors (Lipinski definition) is 1. The first kappa shape index (κ1) is 25.6. The Morgan fingerprint density at radius 2 is 1.43 bits per heavy atom. The van der Waals surface area contributed by atoms with Gasteiger partial charge in [-0.1, -0.05) is 49.0 Å². The van der Waals surface area contributed by atoms with E-state index in [-0.39, 0.29) is 26.4 Å². The van der Waals surface area contributed by atoms with E-state index < -0.39 is 12.1 Å². The van der Waals surface area contributed by atoms with E-state index in [4.69, 9.17) is 23.7 Å². The normalized spacial score (nSPS) is 10.4. The van der Waals surface area contributed by atoms with Crippen LogP contribution in [0.2, 0.25) is 0 Å². The second-order valence-corrected chi connectivity index (χ2v) is 7.46. The Morgan fingerprint density at radius 1 is 0.771 bits per heavy atom. The van der Waals surface area contributed by atoms with Gasteiger partial charge in [0.2, 0.25) is 0 Å². The number of amides is 1. The van der Waals surface area contributed by atoms with Crippen molar-refractivity contribution in [3.63, 3.8) is 0 Å². The highest BCUT2D eigenvalue weighted by Crippen LogP contribution is 2.33. The lowest BCUT2D eigenvalue weighted by Crippen LogP contribution is -2.30. The van der Waals surface area contributed by atoms with Crippen LogP contribution in [-0.4, -0.2) is 51.6 Å². The van der Waals surface area contributed by atoms with Crippen LogP contribution in [-0.2, 0) is 14.3 Å². The van der Waals surface area contributed by atoms with Gasteiger partial charge in [0.15, 0.2) is 0 Å². The fourth-order valence-corrected chi connectivity index (χ4v) is 3.07. The van der Waals surface area contributed by atoms with Crippen LogP contribution in [0.15, 0.2) is 78.9 Å². The number of ether oxygens (including phenoxy) is 5. The molecule has 8 nitrogen and oxygen atoms in total. The highest BCUT2D eigenvalue weighted by atomic mass is 16.6. The van der Waals surface area contributed by atoms with Crippen LogP contribution >= 0.6 is 0 Å². The van der Waals surface area contributed by atoms with Gasteiger partial charge in [-0.3, -0.25) is 0 Å². The maximum Gasteiger partial charge on any atom is 0.412 e. The van der Waals surface area contributed by atoms with Crippen LogP contribution in [0, 0.1) is 0 Å². The number of carbonyl (C=O) groups excluding carboxylic acids is 2. The number of benzene rings is 3. The van der Waals surface area contributed by atoms with Crippen molar-refractivity contribution in [2.45, 2.75) is 6.92 Å². The third-order valence-electron chi connectivity index (χ3n) is 4.72. The van der Waals surface area contributed by atoms with Gasteiger partial charge in [-0.2, -0.15) is 0 Å². The third kappa shape index (κ3) is 8.35. The van der Waals surface area contributed by atoms with Gasteiger partial charge in [0.1, 0.15) is 37.1 Å². The second kappa shape index (κ2) is 13.6. The maximum atomic E-state index is 12.2. The van der Waals surface area contributed by atoms with Crippen LogP contribution in [0.1, 0.15) is 6.92 Å². The van der Waals surface area contributed by atoms with E-state index in [2.05, 4.69) is 11.9 Å². The number of esters is 1. The Bertz CT molecular complexity index is 1130. The number of fused-ring (bicyclic) bond motifs is 1. The number of para-hydroxylation sites is 1.